The van der Waals surface area contributed by atoms with Crippen molar-refractivity contribution in [3.05, 3.63) is 51.3 Å². The van der Waals surface area contributed by atoms with Gasteiger partial charge in [0.25, 0.3) is 5.69 Å². The fourth-order valence-corrected chi connectivity index (χ4v) is 1.92. The molecule has 0 saturated carbocycles. The predicted octanol–water partition coefficient (Wildman–Crippen LogP) is 2.64. The molecule has 0 aliphatic rings. The molecule has 7 heteroatoms. The van der Waals surface area contributed by atoms with E-state index < -0.39 is 4.92 Å². The van der Waals surface area contributed by atoms with Gasteiger partial charge in [0.1, 0.15) is 0 Å². The van der Waals surface area contributed by atoms with Crippen LogP contribution in [-0.4, -0.2) is 21.2 Å². The number of hydrogen-bond acceptors (Lipinski definition) is 4. The van der Waals surface area contributed by atoms with Crippen LogP contribution >= 0.6 is 11.6 Å². The molecule has 1 heterocycles. The van der Waals surface area contributed by atoms with Gasteiger partial charge in [0.05, 0.1) is 21.3 Å². The van der Waals surface area contributed by atoms with Crippen molar-refractivity contribution in [2.45, 2.75) is 6.42 Å². The summed E-state index contributed by atoms with van der Waals surface area (Å²) >= 11 is 5.97. The monoisotopic (exact) mass is 280 g/mol. The van der Waals surface area contributed by atoms with Crippen molar-refractivity contribution < 1.29 is 4.92 Å². The van der Waals surface area contributed by atoms with Crippen LogP contribution in [0.5, 0.6) is 0 Å². The third kappa shape index (κ3) is 3.45. The highest BCUT2D eigenvalue weighted by molar-refractivity contribution is 6.33. The Balaban J connectivity index is 1.94. The van der Waals surface area contributed by atoms with Crippen molar-refractivity contribution >= 4 is 23.0 Å². The number of aryl methyl sites for hydroxylation is 1. The number of nitro groups is 1. The molecule has 2 aromatic rings. The Morgan fingerprint density at radius 1 is 1.47 bits per heavy atom. The van der Waals surface area contributed by atoms with Gasteiger partial charge in [0.2, 0.25) is 0 Å². The highest BCUT2D eigenvalue weighted by Crippen LogP contribution is 2.26. The van der Waals surface area contributed by atoms with Crippen LogP contribution in [0.15, 0.2) is 30.5 Å². The Morgan fingerprint density at radius 3 is 2.84 bits per heavy atom. The fourth-order valence-electron chi connectivity index (χ4n) is 1.68. The number of rotatable bonds is 5. The molecule has 0 spiro atoms. The van der Waals surface area contributed by atoms with Crippen LogP contribution in [0.4, 0.5) is 11.4 Å². The molecule has 0 bridgehead atoms. The first-order valence-electron chi connectivity index (χ1n) is 5.72. The molecule has 19 heavy (non-hydrogen) atoms. The summed E-state index contributed by atoms with van der Waals surface area (Å²) in [5.74, 6) is 0. The number of nitrogens with one attached hydrogen (secondary N) is 1. The van der Waals surface area contributed by atoms with Gasteiger partial charge in [-0.15, -0.1) is 0 Å². The SMILES string of the molecule is Cn1ccc(CCNc2ccc([N+](=O)[O-])cc2Cl)n1. The van der Waals surface area contributed by atoms with Gasteiger partial charge < -0.3 is 5.32 Å². The van der Waals surface area contributed by atoms with Crippen molar-refractivity contribution in [2.24, 2.45) is 7.05 Å². The second kappa shape index (κ2) is 5.71. The molecule has 0 saturated heterocycles. The molecule has 1 aromatic carbocycles. The lowest BCUT2D eigenvalue weighted by Gasteiger charge is -2.07. The van der Waals surface area contributed by atoms with Crippen LogP contribution in [0.25, 0.3) is 0 Å². The van der Waals surface area contributed by atoms with Crippen molar-refractivity contribution in [1.82, 2.24) is 9.78 Å². The lowest BCUT2D eigenvalue weighted by Crippen LogP contribution is -2.06. The molecule has 0 atom stereocenters. The first-order chi connectivity index (χ1) is 9.06. The number of anilines is 1. The Labute approximate surface area is 115 Å². The van der Waals surface area contributed by atoms with E-state index in [4.69, 9.17) is 11.6 Å². The molecule has 0 unspecified atom stereocenters. The van der Waals surface area contributed by atoms with Crippen LogP contribution in [0.3, 0.4) is 0 Å². The van der Waals surface area contributed by atoms with Gasteiger partial charge >= 0.3 is 0 Å². The Bertz CT molecular complexity index is 597. The first kappa shape index (κ1) is 13.4. The largest absolute Gasteiger partial charge is 0.383 e. The Kier molecular flexibility index (Phi) is 4.01. The van der Waals surface area contributed by atoms with Crippen molar-refractivity contribution in [2.75, 3.05) is 11.9 Å². The lowest BCUT2D eigenvalue weighted by molar-refractivity contribution is -0.384. The molecule has 0 amide bonds. The normalized spacial score (nSPS) is 10.4. The smallest absolute Gasteiger partial charge is 0.271 e. The van der Waals surface area contributed by atoms with Gasteiger partial charge in [-0.25, -0.2) is 0 Å². The molecule has 1 aromatic heterocycles. The quantitative estimate of drug-likeness (QED) is 0.675. The summed E-state index contributed by atoms with van der Waals surface area (Å²) in [5, 5.41) is 18.3. The molecular formula is C12H13ClN4O2. The molecular weight excluding hydrogens is 268 g/mol. The highest BCUT2D eigenvalue weighted by Gasteiger charge is 2.09. The number of hydrogen-bond donors (Lipinski definition) is 1. The summed E-state index contributed by atoms with van der Waals surface area (Å²) in [6, 6.07) is 6.32. The zero-order valence-corrected chi connectivity index (χ0v) is 11.1. The fraction of sp³-hybridized carbons (Fsp3) is 0.250. The average Bonchev–Trinajstić information content (AvgIpc) is 2.77. The van der Waals surface area contributed by atoms with E-state index in [0.717, 1.165) is 12.1 Å². The van der Waals surface area contributed by atoms with Crippen molar-refractivity contribution in [3.63, 3.8) is 0 Å². The zero-order chi connectivity index (χ0) is 13.8. The summed E-state index contributed by atoms with van der Waals surface area (Å²) in [5.41, 5.74) is 1.65. The van der Waals surface area contributed by atoms with Crippen LogP contribution in [0.1, 0.15) is 5.69 Å². The molecule has 1 N–H and O–H groups in total. The maximum absolute atomic E-state index is 10.6. The molecule has 100 valence electrons. The molecule has 6 nitrogen and oxygen atoms in total. The van der Waals surface area contributed by atoms with Gasteiger partial charge in [0.15, 0.2) is 0 Å². The minimum Gasteiger partial charge on any atom is -0.383 e. The number of halogens is 1. The molecule has 2 rings (SSSR count). The summed E-state index contributed by atoms with van der Waals surface area (Å²) in [7, 11) is 1.87. The van der Waals surface area contributed by atoms with E-state index in [1.54, 1.807) is 10.7 Å². The Hall–Kier alpha value is -2.08. The van der Waals surface area contributed by atoms with Crippen LogP contribution in [0.2, 0.25) is 5.02 Å². The average molecular weight is 281 g/mol. The third-order valence-electron chi connectivity index (χ3n) is 2.63. The summed E-state index contributed by atoms with van der Waals surface area (Å²) < 4.78 is 1.74. The van der Waals surface area contributed by atoms with Crippen LogP contribution in [-0.2, 0) is 13.5 Å². The van der Waals surface area contributed by atoms with Gasteiger partial charge in [0, 0.05) is 38.3 Å². The predicted molar refractivity (Wildman–Crippen MR) is 73.5 cm³/mol. The van der Waals surface area contributed by atoms with Gasteiger partial charge in [-0.1, -0.05) is 11.6 Å². The van der Waals surface area contributed by atoms with Crippen molar-refractivity contribution in [3.8, 4) is 0 Å². The summed E-state index contributed by atoms with van der Waals surface area (Å²) in [6.07, 6.45) is 2.64. The molecule has 0 radical (unpaired) electrons. The van der Waals surface area contributed by atoms with Crippen LogP contribution < -0.4 is 5.32 Å². The summed E-state index contributed by atoms with van der Waals surface area (Å²) in [4.78, 5) is 10.1. The number of benzene rings is 1. The van der Waals surface area contributed by atoms with E-state index in [2.05, 4.69) is 10.4 Å². The van der Waals surface area contributed by atoms with Gasteiger partial charge in [-0.3, -0.25) is 14.8 Å². The van der Waals surface area contributed by atoms with Gasteiger partial charge in [-0.2, -0.15) is 5.10 Å². The van der Waals surface area contributed by atoms with E-state index in [1.165, 1.54) is 12.1 Å². The third-order valence-corrected chi connectivity index (χ3v) is 2.94. The second-order valence-electron chi connectivity index (χ2n) is 4.08. The Morgan fingerprint density at radius 2 is 2.26 bits per heavy atom. The lowest BCUT2D eigenvalue weighted by atomic mass is 10.2. The van der Waals surface area contributed by atoms with Gasteiger partial charge in [-0.05, 0) is 12.1 Å². The van der Waals surface area contributed by atoms with E-state index in [0.29, 0.717) is 17.3 Å². The first-order valence-corrected chi connectivity index (χ1v) is 6.10. The summed E-state index contributed by atoms with van der Waals surface area (Å²) in [6.45, 7) is 0.661. The van der Waals surface area contributed by atoms with E-state index in [-0.39, 0.29) is 5.69 Å². The number of non-ortho nitro benzene ring substituents is 1. The molecule has 0 aliphatic carbocycles. The van der Waals surface area contributed by atoms with Crippen molar-refractivity contribution in [1.29, 1.82) is 0 Å². The maximum atomic E-state index is 10.6. The maximum Gasteiger partial charge on any atom is 0.271 e. The number of aromatic nitrogens is 2. The van der Waals surface area contributed by atoms with E-state index >= 15 is 0 Å². The standard InChI is InChI=1S/C12H13ClN4O2/c1-16-7-5-9(15-16)4-6-14-12-3-2-10(17(18)19)8-11(12)13/h2-3,5,7-8,14H,4,6H2,1H3. The zero-order valence-electron chi connectivity index (χ0n) is 10.3. The van der Waals surface area contributed by atoms with E-state index in [1.807, 2.05) is 19.3 Å². The topological polar surface area (TPSA) is 73.0 Å². The molecule has 0 fully saturated rings. The minimum absolute atomic E-state index is 0.0136. The van der Waals surface area contributed by atoms with E-state index in [9.17, 15) is 10.1 Å². The number of nitro benzene ring substituents is 1. The minimum atomic E-state index is -0.469. The molecule has 0 aliphatic heterocycles. The second-order valence-corrected chi connectivity index (χ2v) is 4.49. The van der Waals surface area contributed by atoms with Crippen LogP contribution in [0, 0.1) is 10.1 Å². The highest BCUT2D eigenvalue weighted by atomic mass is 35.5. The number of nitrogens with zero attached hydrogens (tertiary/aromatic N) is 3.